The molecule has 0 saturated carbocycles. The molecule has 1 atom stereocenters. The van der Waals surface area contributed by atoms with Crippen LogP contribution in [0.15, 0.2) is 24.5 Å². The van der Waals surface area contributed by atoms with E-state index >= 15 is 0 Å². The number of imidazole rings is 1. The molecule has 0 amide bonds. The van der Waals surface area contributed by atoms with Gasteiger partial charge >= 0.3 is 0 Å². The van der Waals surface area contributed by atoms with E-state index in [0.29, 0.717) is 5.02 Å². The fourth-order valence-corrected chi connectivity index (χ4v) is 3.52. The van der Waals surface area contributed by atoms with E-state index in [2.05, 4.69) is 29.1 Å². The van der Waals surface area contributed by atoms with Crippen molar-refractivity contribution in [1.29, 1.82) is 0 Å². The van der Waals surface area contributed by atoms with Crippen LogP contribution in [-0.4, -0.2) is 14.4 Å². The van der Waals surface area contributed by atoms with Crippen LogP contribution >= 0.6 is 22.9 Å². The zero-order chi connectivity index (χ0) is 15.0. The maximum Gasteiger partial charge on any atom is 0.137 e. The first-order valence-electron chi connectivity index (χ1n) is 6.83. The second-order valence-electron chi connectivity index (χ2n) is 5.13. The van der Waals surface area contributed by atoms with Gasteiger partial charge in [0.15, 0.2) is 0 Å². The summed E-state index contributed by atoms with van der Waals surface area (Å²) >= 11 is 7.73. The Kier molecular flexibility index (Phi) is 3.97. The minimum Gasteiger partial charge on any atom is -0.305 e. The van der Waals surface area contributed by atoms with Gasteiger partial charge < -0.3 is 9.72 Å². The number of nitrogens with one attached hydrogen (secondary N) is 1. The van der Waals surface area contributed by atoms with Gasteiger partial charge in [-0.2, -0.15) is 0 Å². The molecule has 0 aliphatic heterocycles. The SMILES string of the molecule is Cc1nc(C)c(C(C)NCc2cn3cc(Cl)ccc3n2)s1. The van der Waals surface area contributed by atoms with Crippen molar-refractivity contribution in [2.45, 2.75) is 33.4 Å². The molecule has 3 rings (SSSR count). The molecule has 3 aromatic rings. The predicted octanol–water partition coefficient (Wildman–Crippen LogP) is 3.91. The monoisotopic (exact) mass is 320 g/mol. The van der Waals surface area contributed by atoms with Gasteiger partial charge in [-0.3, -0.25) is 0 Å². The molecular weight excluding hydrogens is 304 g/mol. The molecule has 110 valence electrons. The standard InChI is InChI=1S/C15H17ClN4S/c1-9(15-10(2)18-11(3)21-15)17-6-13-8-20-7-12(16)4-5-14(20)19-13/h4-5,7-9,17H,6H2,1-3H3. The number of hydrogen-bond acceptors (Lipinski definition) is 4. The van der Waals surface area contributed by atoms with E-state index in [1.54, 1.807) is 11.3 Å². The minimum atomic E-state index is 0.268. The van der Waals surface area contributed by atoms with E-state index in [4.69, 9.17) is 11.6 Å². The lowest BCUT2D eigenvalue weighted by molar-refractivity contribution is 0.574. The first-order valence-corrected chi connectivity index (χ1v) is 8.03. The smallest absolute Gasteiger partial charge is 0.137 e. The van der Waals surface area contributed by atoms with Gasteiger partial charge in [0.2, 0.25) is 0 Å². The van der Waals surface area contributed by atoms with E-state index in [-0.39, 0.29) is 6.04 Å². The van der Waals surface area contributed by atoms with Crippen LogP contribution in [0.4, 0.5) is 0 Å². The summed E-state index contributed by atoms with van der Waals surface area (Å²) in [6.07, 6.45) is 3.87. The lowest BCUT2D eigenvalue weighted by Gasteiger charge is -2.11. The number of halogens is 1. The molecular formula is C15H17ClN4S. The summed E-state index contributed by atoms with van der Waals surface area (Å²) < 4.78 is 1.95. The second-order valence-corrected chi connectivity index (χ2v) is 6.80. The van der Waals surface area contributed by atoms with Crippen molar-refractivity contribution in [1.82, 2.24) is 19.7 Å². The zero-order valence-corrected chi connectivity index (χ0v) is 13.8. The van der Waals surface area contributed by atoms with Crippen LogP contribution in [0.5, 0.6) is 0 Å². The summed E-state index contributed by atoms with van der Waals surface area (Å²) in [5.74, 6) is 0. The maximum atomic E-state index is 5.99. The molecule has 3 heterocycles. The molecule has 4 nitrogen and oxygen atoms in total. The molecule has 0 radical (unpaired) electrons. The van der Waals surface area contributed by atoms with E-state index in [1.807, 2.05) is 35.9 Å². The summed E-state index contributed by atoms with van der Waals surface area (Å²) in [6.45, 7) is 6.98. The van der Waals surface area contributed by atoms with Crippen LogP contribution in [0.2, 0.25) is 5.02 Å². The van der Waals surface area contributed by atoms with E-state index in [9.17, 15) is 0 Å². The van der Waals surface area contributed by atoms with Gasteiger partial charge in [0.05, 0.1) is 21.4 Å². The van der Waals surface area contributed by atoms with Crippen molar-refractivity contribution in [3.63, 3.8) is 0 Å². The summed E-state index contributed by atoms with van der Waals surface area (Å²) in [6, 6.07) is 4.05. The topological polar surface area (TPSA) is 42.2 Å². The number of pyridine rings is 1. The maximum absolute atomic E-state index is 5.99. The number of aryl methyl sites for hydroxylation is 2. The Labute approximate surface area is 132 Å². The van der Waals surface area contributed by atoms with Gasteiger partial charge in [-0.25, -0.2) is 9.97 Å². The summed E-state index contributed by atoms with van der Waals surface area (Å²) in [7, 11) is 0. The van der Waals surface area contributed by atoms with Crippen LogP contribution in [0.1, 0.15) is 34.2 Å². The van der Waals surface area contributed by atoms with Gasteiger partial charge in [0.25, 0.3) is 0 Å². The van der Waals surface area contributed by atoms with Crippen molar-refractivity contribution < 1.29 is 0 Å². The molecule has 0 spiro atoms. The Bertz CT molecular complexity index is 777. The van der Waals surface area contributed by atoms with E-state index < -0.39 is 0 Å². The normalized spacial score (nSPS) is 13.0. The molecule has 0 aliphatic rings. The lowest BCUT2D eigenvalue weighted by Crippen LogP contribution is -2.18. The lowest BCUT2D eigenvalue weighted by atomic mass is 10.2. The largest absolute Gasteiger partial charge is 0.305 e. The predicted molar refractivity (Wildman–Crippen MR) is 87.0 cm³/mol. The van der Waals surface area contributed by atoms with Gasteiger partial charge in [-0.05, 0) is 32.9 Å². The van der Waals surface area contributed by atoms with Crippen molar-refractivity contribution in [3.8, 4) is 0 Å². The van der Waals surface area contributed by atoms with E-state index in [0.717, 1.165) is 28.6 Å². The average Bonchev–Trinajstić information content (AvgIpc) is 2.98. The van der Waals surface area contributed by atoms with Crippen molar-refractivity contribution in [2.75, 3.05) is 0 Å². The van der Waals surface area contributed by atoms with Gasteiger partial charge in [-0.15, -0.1) is 11.3 Å². The van der Waals surface area contributed by atoms with Crippen LogP contribution in [0, 0.1) is 13.8 Å². The third-order valence-corrected chi connectivity index (χ3v) is 4.87. The third kappa shape index (κ3) is 3.10. The number of rotatable bonds is 4. The minimum absolute atomic E-state index is 0.268. The van der Waals surface area contributed by atoms with Crippen LogP contribution in [0.3, 0.4) is 0 Å². The highest BCUT2D eigenvalue weighted by molar-refractivity contribution is 7.11. The highest BCUT2D eigenvalue weighted by Crippen LogP contribution is 2.24. The number of aromatic nitrogens is 3. The number of nitrogens with zero attached hydrogens (tertiary/aromatic N) is 3. The van der Waals surface area contributed by atoms with Crippen molar-refractivity contribution >= 4 is 28.6 Å². The first kappa shape index (κ1) is 14.5. The molecule has 0 fully saturated rings. The number of thiazole rings is 1. The molecule has 3 aromatic heterocycles. The molecule has 1 unspecified atom stereocenters. The summed E-state index contributed by atoms with van der Waals surface area (Å²) in [5, 5.41) is 5.33. The Balaban J connectivity index is 1.72. The molecule has 0 aliphatic carbocycles. The molecule has 0 saturated heterocycles. The van der Waals surface area contributed by atoms with Crippen LogP contribution in [-0.2, 0) is 6.54 Å². The Hall–Kier alpha value is -1.43. The van der Waals surface area contributed by atoms with Gasteiger partial charge in [0, 0.05) is 29.9 Å². The third-order valence-electron chi connectivity index (χ3n) is 3.39. The number of fused-ring (bicyclic) bond motifs is 1. The molecule has 0 bridgehead atoms. The second kappa shape index (κ2) is 5.75. The van der Waals surface area contributed by atoms with Gasteiger partial charge in [0.1, 0.15) is 5.65 Å². The molecule has 1 N–H and O–H groups in total. The van der Waals surface area contributed by atoms with Crippen LogP contribution < -0.4 is 5.32 Å². The Morgan fingerprint density at radius 1 is 1.29 bits per heavy atom. The highest BCUT2D eigenvalue weighted by atomic mass is 35.5. The van der Waals surface area contributed by atoms with Gasteiger partial charge in [-0.1, -0.05) is 11.6 Å². The van der Waals surface area contributed by atoms with Crippen molar-refractivity contribution in [3.05, 3.63) is 50.8 Å². The summed E-state index contributed by atoms with van der Waals surface area (Å²) in [5.41, 5.74) is 3.02. The zero-order valence-electron chi connectivity index (χ0n) is 12.2. The van der Waals surface area contributed by atoms with Crippen molar-refractivity contribution in [2.24, 2.45) is 0 Å². The first-order chi connectivity index (χ1) is 10.0. The molecule has 0 aromatic carbocycles. The van der Waals surface area contributed by atoms with Crippen LogP contribution in [0.25, 0.3) is 5.65 Å². The Morgan fingerprint density at radius 2 is 2.10 bits per heavy atom. The molecule has 6 heteroatoms. The van der Waals surface area contributed by atoms with E-state index in [1.165, 1.54) is 4.88 Å². The average molecular weight is 321 g/mol. The number of hydrogen-bond donors (Lipinski definition) is 1. The molecule has 21 heavy (non-hydrogen) atoms. The summed E-state index contributed by atoms with van der Waals surface area (Å²) in [4.78, 5) is 10.3. The fraction of sp³-hybridized carbons (Fsp3) is 0.333. The highest BCUT2D eigenvalue weighted by Gasteiger charge is 2.13. The Morgan fingerprint density at radius 3 is 2.81 bits per heavy atom. The fourth-order valence-electron chi connectivity index (χ4n) is 2.40. The quantitative estimate of drug-likeness (QED) is 0.792.